The van der Waals surface area contributed by atoms with Crippen molar-refractivity contribution in [3.63, 3.8) is 0 Å². The Hall–Kier alpha value is -2.13. The Labute approximate surface area is 333 Å². The maximum absolute atomic E-state index is 16.1. The van der Waals surface area contributed by atoms with E-state index in [-0.39, 0.29) is 22.2 Å². The predicted octanol–water partition coefficient (Wildman–Crippen LogP) is 16.1. The van der Waals surface area contributed by atoms with Gasteiger partial charge in [-0.2, -0.15) is 0 Å². The Morgan fingerprint density at radius 3 is 1.48 bits per heavy atom. The number of esters is 1. The third-order valence-electron chi connectivity index (χ3n) is 12.1. The van der Waals surface area contributed by atoms with E-state index in [1.165, 1.54) is 89.9 Å². The molecule has 0 aliphatic rings. The largest absolute Gasteiger partial charge is 0.505 e. The van der Waals surface area contributed by atoms with Gasteiger partial charge in [-0.1, -0.05) is 196 Å². The molecule has 0 fully saturated rings. The molecule has 4 nitrogen and oxygen atoms in total. The van der Waals surface area contributed by atoms with Crippen LogP contribution in [0.2, 0.25) is 0 Å². The van der Waals surface area contributed by atoms with Crippen LogP contribution in [-0.2, 0) is 32.2 Å². The van der Waals surface area contributed by atoms with Crippen LogP contribution >= 0.6 is 8.69 Å². The van der Waals surface area contributed by atoms with Crippen LogP contribution < -0.4 is 9.05 Å². The highest BCUT2D eigenvalue weighted by Crippen LogP contribution is 2.51. The molecule has 0 radical (unpaired) electrons. The number of carbonyl (C=O) groups is 1. The van der Waals surface area contributed by atoms with Crippen LogP contribution in [0.5, 0.6) is 11.5 Å². The summed E-state index contributed by atoms with van der Waals surface area (Å²) in [4.78, 5) is 12.8. The Kier molecular flexibility index (Phi) is 22.4. The van der Waals surface area contributed by atoms with Gasteiger partial charge >= 0.3 is 14.7 Å². The summed E-state index contributed by atoms with van der Waals surface area (Å²) in [6.45, 7) is 22.2. The number of rotatable bonds is 30. The lowest BCUT2D eigenvalue weighted by molar-refractivity contribution is -0.143. The van der Waals surface area contributed by atoms with Gasteiger partial charge in [0.25, 0.3) is 0 Å². The van der Waals surface area contributed by atoms with Gasteiger partial charge in [0.1, 0.15) is 11.5 Å². The first-order chi connectivity index (χ1) is 25.7. The van der Waals surface area contributed by atoms with Crippen molar-refractivity contribution in [2.45, 2.75) is 220 Å². The summed E-state index contributed by atoms with van der Waals surface area (Å²) in [5.74, 6) is 0.947. The molecule has 0 saturated carbocycles. The van der Waals surface area contributed by atoms with Gasteiger partial charge in [0, 0.05) is 23.1 Å². The first-order valence-electron chi connectivity index (χ1n) is 22.0. The van der Waals surface area contributed by atoms with Crippen molar-refractivity contribution < 1.29 is 22.8 Å². The average molecular weight is 771 g/mol. The van der Waals surface area contributed by atoms with Crippen LogP contribution in [0, 0.1) is 0 Å². The molecule has 2 rings (SSSR count). The number of hydrogen-bond acceptors (Lipinski definition) is 4. The Morgan fingerprint density at radius 2 is 1.02 bits per heavy atom. The zero-order valence-electron chi connectivity index (χ0n) is 36.5. The van der Waals surface area contributed by atoms with Crippen LogP contribution in [0.1, 0.15) is 220 Å². The third kappa shape index (κ3) is 16.9. The van der Waals surface area contributed by atoms with Crippen molar-refractivity contribution in [1.82, 2.24) is 0 Å². The molecule has 0 bridgehead atoms. The third-order valence-corrected chi connectivity index (χ3v) is 12.8. The molecule has 0 aliphatic heterocycles. The van der Waals surface area contributed by atoms with E-state index in [2.05, 4.69) is 81.4 Å². The van der Waals surface area contributed by atoms with E-state index in [0.717, 1.165) is 54.4 Å². The number of hydrogen-bond donors (Lipinski definition) is 0. The average Bonchev–Trinajstić information content (AvgIpc) is 3.15. The molecule has 1 atom stereocenters. The van der Waals surface area contributed by atoms with Crippen molar-refractivity contribution >= 4 is 14.7 Å². The molecule has 0 spiro atoms. The molecule has 0 aromatic heterocycles. The van der Waals surface area contributed by atoms with Crippen LogP contribution in [0.15, 0.2) is 36.4 Å². The quantitative estimate of drug-likeness (QED) is 0.0451. The van der Waals surface area contributed by atoms with Gasteiger partial charge in [-0.25, -0.2) is 0 Å². The second-order valence-corrected chi connectivity index (χ2v) is 18.4. The molecule has 2 aromatic carbocycles. The molecule has 308 valence electrons. The number of carbonyl (C=O) groups excluding carboxylic acids is 1. The lowest BCUT2D eigenvalue weighted by Gasteiger charge is -2.33. The van der Waals surface area contributed by atoms with Crippen molar-refractivity contribution in [2.24, 2.45) is 0 Å². The minimum Gasteiger partial charge on any atom is -0.466 e. The topological polar surface area (TPSA) is 44.8 Å². The number of benzene rings is 2. The molecule has 54 heavy (non-hydrogen) atoms. The van der Waals surface area contributed by atoms with Crippen LogP contribution in [0.4, 0.5) is 4.20 Å². The minimum atomic E-state index is -2.76. The SMILES string of the molecule is CCCCCCCCCCCCCCCCCCOC(=O)CCc1cc(C(C)(C)CC)c(OP(F)Oc2ccccc2C(C)(C)CC)c(C(C)(C)CC)c1. The maximum Gasteiger partial charge on any atom is 0.505 e. The highest BCUT2D eigenvalue weighted by Gasteiger charge is 2.34. The Balaban J connectivity index is 1.92. The van der Waals surface area contributed by atoms with Crippen molar-refractivity contribution in [2.75, 3.05) is 6.61 Å². The van der Waals surface area contributed by atoms with Crippen LogP contribution in [-0.4, -0.2) is 12.6 Å². The van der Waals surface area contributed by atoms with E-state index in [1.54, 1.807) is 0 Å². The number of ether oxygens (including phenoxy) is 1. The van der Waals surface area contributed by atoms with Crippen molar-refractivity contribution in [1.29, 1.82) is 0 Å². The summed E-state index contributed by atoms with van der Waals surface area (Å²) in [6.07, 6.45) is 24.6. The highest BCUT2D eigenvalue weighted by atomic mass is 31.2. The number of aryl methyl sites for hydroxylation is 1. The minimum absolute atomic E-state index is 0.154. The second kappa shape index (κ2) is 25.2. The smallest absolute Gasteiger partial charge is 0.466 e. The standard InChI is InChI=1S/C48H80FO4P/c1-11-15-16-17-18-19-20-21-22-23-24-25-26-27-28-31-36-51-44(50)35-34-39-37-41(47(7,8)13-3)45(42(38-39)48(9,10)14-4)53-54(49)52-43-33-30-29-32-40(43)46(5,6)12-2/h29-30,32-33,37-38H,11-28,31,34-36H2,1-10H3. The van der Waals surface area contributed by atoms with E-state index < -0.39 is 8.69 Å². The van der Waals surface area contributed by atoms with Gasteiger partial charge in [0.05, 0.1) is 6.61 Å². The van der Waals surface area contributed by atoms with Gasteiger partial charge < -0.3 is 13.8 Å². The first kappa shape index (κ1) is 48.0. The van der Waals surface area contributed by atoms with E-state index in [4.69, 9.17) is 13.8 Å². The molecule has 0 heterocycles. The fraction of sp³-hybridized carbons (Fsp3) is 0.729. The summed E-state index contributed by atoms with van der Waals surface area (Å²) in [6, 6.07) is 11.9. The zero-order chi connectivity index (χ0) is 40.0. The Morgan fingerprint density at radius 1 is 0.593 bits per heavy atom. The van der Waals surface area contributed by atoms with Gasteiger partial charge in [-0.3, -0.25) is 4.79 Å². The summed E-state index contributed by atoms with van der Waals surface area (Å²) in [5.41, 5.74) is 3.21. The molecule has 2 aromatic rings. The van der Waals surface area contributed by atoms with Crippen LogP contribution in [0.3, 0.4) is 0 Å². The molecule has 0 N–H and O–H groups in total. The summed E-state index contributed by atoms with van der Waals surface area (Å²) in [5, 5.41) is 0. The Bertz CT molecular complexity index is 1300. The monoisotopic (exact) mass is 771 g/mol. The fourth-order valence-electron chi connectivity index (χ4n) is 6.94. The maximum atomic E-state index is 16.1. The van der Waals surface area contributed by atoms with Gasteiger partial charge in [-0.15, -0.1) is 4.20 Å². The van der Waals surface area contributed by atoms with E-state index in [1.807, 2.05) is 24.3 Å². The summed E-state index contributed by atoms with van der Waals surface area (Å²) >= 11 is 0. The summed E-state index contributed by atoms with van der Waals surface area (Å²) in [7, 11) is -2.76. The molecule has 1 unspecified atom stereocenters. The predicted molar refractivity (Wildman–Crippen MR) is 231 cm³/mol. The second-order valence-electron chi connectivity index (χ2n) is 17.6. The lowest BCUT2D eigenvalue weighted by atomic mass is 9.74. The van der Waals surface area contributed by atoms with Crippen molar-refractivity contribution in [3.05, 3.63) is 58.7 Å². The molecule has 6 heteroatoms. The number of halogens is 1. The van der Waals surface area contributed by atoms with Gasteiger partial charge in [-0.05, 0) is 60.0 Å². The van der Waals surface area contributed by atoms with Gasteiger partial charge in [0.15, 0.2) is 0 Å². The highest BCUT2D eigenvalue weighted by molar-refractivity contribution is 7.42. The normalized spacial score (nSPS) is 12.9. The molecule has 0 saturated heterocycles. The summed E-state index contributed by atoms with van der Waals surface area (Å²) < 4.78 is 34.0. The molecular weight excluding hydrogens is 690 g/mol. The molecule has 0 amide bonds. The van der Waals surface area contributed by atoms with E-state index >= 15 is 4.20 Å². The molecule has 0 aliphatic carbocycles. The van der Waals surface area contributed by atoms with Gasteiger partial charge in [0.2, 0.25) is 0 Å². The molecular formula is C48H80FO4P. The van der Waals surface area contributed by atoms with E-state index in [0.29, 0.717) is 30.9 Å². The zero-order valence-corrected chi connectivity index (χ0v) is 37.4. The van der Waals surface area contributed by atoms with Crippen molar-refractivity contribution in [3.8, 4) is 11.5 Å². The van der Waals surface area contributed by atoms with E-state index in [9.17, 15) is 4.79 Å². The number of unbranched alkanes of at least 4 members (excludes halogenated alkanes) is 15. The van der Waals surface area contributed by atoms with Crippen LogP contribution in [0.25, 0.3) is 0 Å². The lowest BCUT2D eigenvalue weighted by Crippen LogP contribution is -2.23. The fourth-order valence-corrected chi connectivity index (χ4v) is 7.63. The first-order valence-corrected chi connectivity index (χ1v) is 23.0. The number of para-hydroxylation sites is 1.